The highest BCUT2D eigenvalue weighted by Crippen LogP contribution is 2.34. The minimum absolute atomic E-state index is 0.215. The van der Waals surface area contributed by atoms with Crippen LogP contribution < -0.4 is 4.74 Å². The zero-order valence-corrected chi connectivity index (χ0v) is 18.5. The van der Waals surface area contributed by atoms with Crippen LogP contribution in [0.4, 0.5) is 0 Å². The monoisotopic (exact) mass is 407 g/mol. The van der Waals surface area contributed by atoms with Gasteiger partial charge in [-0.15, -0.1) is 0 Å². The number of aliphatic hydroxyl groups is 1. The average Bonchev–Trinajstić information content (AvgIpc) is 3.05. The van der Waals surface area contributed by atoms with Gasteiger partial charge in [-0.1, -0.05) is 69.3 Å². The van der Waals surface area contributed by atoms with E-state index in [0.717, 1.165) is 41.4 Å². The van der Waals surface area contributed by atoms with E-state index in [-0.39, 0.29) is 12.0 Å². The molecule has 160 valence electrons. The molecule has 0 saturated heterocycles. The molecule has 3 rings (SSSR count). The van der Waals surface area contributed by atoms with E-state index in [1.165, 1.54) is 0 Å². The third-order valence-electron chi connectivity index (χ3n) is 5.23. The molecule has 1 heterocycles. The third kappa shape index (κ3) is 5.49. The third-order valence-corrected chi connectivity index (χ3v) is 5.23. The van der Waals surface area contributed by atoms with E-state index in [1.54, 1.807) is 0 Å². The smallest absolute Gasteiger partial charge is 0.222 e. The Labute approximate surface area is 179 Å². The van der Waals surface area contributed by atoms with Gasteiger partial charge in [0, 0.05) is 25.7 Å². The van der Waals surface area contributed by atoms with Crippen LogP contribution in [0.15, 0.2) is 60.7 Å². The molecule has 0 saturated carbocycles. The SMILES string of the molecule is CCCN(Cc1c(-c2ccccc2)nn(C)c1Oc1ccccc1)C[C@@H](O)C(C)C. The molecule has 1 aromatic heterocycles. The van der Waals surface area contributed by atoms with Crippen LogP contribution in [0.5, 0.6) is 11.6 Å². The molecule has 2 aromatic carbocycles. The fourth-order valence-corrected chi connectivity index (χ4v) is 3.50. The number of aromatic nitrogens is 2. The van der Waals surface area contributed by atoms with Crippen LogP contribution in [-0.2, 0) is 13.6 Å². The van der Waals surface area contributed by atoms with Crippen molar-refractivity contribution in [1.82, 2.24) is 14.7 Å². The number of para-hydroxylation sites is 1. The first-order valence-corrected chi connectivity index (χ1v) is 10.7. The summed E-state index contributed by atoms with van der Waals surface area (Å²) in [6.07, 6.45) is 0.646. The summed E-state index contributed by atoms with van der Waals surface area (Å²) in [6.45, 7) is 8.46. The lowest BCUT2D eigenvalue weighted by atomic mass is 10.0. The lowest BCUT2D eigenvalue weighted by Crippen LogP contribution is -2.35. The number of ether oxygens (including phenoxy) is 1. The van der Waals surface area contributed by atoms with Gasteiger partial charge in [-0.2, -0.15) is 5.10 Å². The molecule has 0 unspecified atom stereocenters. The first-order valence-electron chi connectivity index (χ1n) is 10.7. The Bertz CT molecular complexity index is 907. The van der Waals surface area contributed by atoms with E-state index in [4.69, 9.17) is 9.84 Å². The van der Waals surface area contributed by atoms with Gasteiger partial charge in [0.2, 0.25) is 5.88 Å². The van der Waals surface area contributed by atoms with Crippen LogP contribution >= 0.6 is 0 Å². The van der Waals surface area contributed by atoms with Crippen LogP contribution in [0.25, 0.3) is 11.3 Å². The maximum absolute atomic E-state index is 10.5. The van der Waals surface area contributed by atoms with Crippen LogP contribution in [0, 0.1) is 5.92 Å². The summed E-state index contributed by atoms with van der Waals surface area (Å²) in [5, 5.41) is 15.3. The van der Waals surface area contributed by atoms with Gasteiger partial charge in [0.25, 0.3) is 0 Å². The minimum Gasteiger partial charge on any atom is -0.439 e. The minimum atomic E-state index is -0.369. The molecule has 0 bridgehead atoms. The van der Waals surface area contributed by atoms with E-state index >= 15 is 0 Å². The van der Waals surface area contributed by atoms with E-state index in [0.29, 0.717) is 13.1 Å². The van der Waals surface area contributed by atoms with Gasteiger partial charge in [-0.3, -0.25) is 4.90 Å². The highest BCUT2D eigenvalue weighted by atomic mass is 16.5. The second-order valence-electron chi connectivity index (χ2n) is 8.08. The van der Waals surface area contributed by atoms with Crippen LogP contribution in [0.2, 0.25) is 0 Å². The number of hydrogen-bond donors (Lipinski definition) is 1. The van der Waals surface area contributed by atoms with Gasteiger partial charge >= 0.3 is 0 Å². The molecule has 0 aliphatic heterocycles. The normalized spacial score (nSPS) is 12.5. The van der Waals surface area contributed by atoms with Crippen molar-refractivity contribution in [2.24, 2.45) is 13.0 Å². The van der Waals surface area contributed by atoms with Gasteiger partial charge < -0.3 is 9.84 Å². The van der Waals surface area contributed by atoms with E-state index < -0.39 is 0 Å². The fourth-order valence-electron chi connectivity index (χ4n) is 3.50. The Kier molecular flexibility index (Phi) is 7.66. The van der Waals surface area contributed by atoms with Gasteiger partial charge in [-0.25, -0.2) is 4.68 Å². The number of rotatable bonds is 10. The number of aliphatic hydroxyl groups excluding tert-OH is 1. The number of hydrogen-bond acceptors (Lipinski definition) is 4. The van der Waals surface area contributed by atoms with Crippen molar-refractivity contribution in [2.45, 2.75) is 39.8 Å². The molecule has 5 nitrogen and oxygen atoms in total. The van der Waals surface area contributed by atoms with Gasteiger partial charge in [-0.05, 0) is 31.0 Å². The standard InChI is InChI=1S/C25H33N3O2/c1-5-16-28(18-23(29)19(2)3)17-22-24(20-12-8-6-9-13-20)26-27(4)25(22)30-21-14-10-7-11-15-21/h6-15,19,23,29H,5,16-18H2,1-4H3/t23-/m1/s1. The second-order valence-corrected chi connectivity index (χ2v) is 8.08. The molecule has 0 aliphatic carbocycles. The summed E-state index contributed by atoms with van der Waals surface area (Å²) in [5.74, 6) is 1.73. The van der Waals surface area contributed by atoms with Gasteiger partial charge in [0.05, 0.1) is 11.7 Å². The summed E-state index contributed by atoms with van der Waals surface area (Å²) in [5.41, 5.74) is 3.02. The zero-order valence-electron chi connectivity index (χ0n) is 18.5. The lowest BCUT2D eigenvalue weighted by Gasteiger charge is -2.26. The van der Waals surface area contributed by atoms with Crippen LogP contribution in [0.3, 0.4) is 0 Å². The Morgan fingerprint density at radius 3 is 2.27 bits per heavy atom. The quantitative estimate of drug-likeness (QED) is 0.507. The van der Waals surface area contributed by atoms with Crippen molar-refractivity contribution in [3.05, 3.63) is 66.2 Å². The Hall–Kier alpha value is -2.63. The second kappa shape index (κ2) is 10.4. The summed E-state index contributed by atoms with van der Waals surface area (Å²) >= 11 is 0. The van der Waals surface area contributed by atoms with Crippen LogP contribution in [0.1, 0.15) is 32.8 Å². The predicted molar refractivity (Wildman–Crippen MR) is 122 cm³/mol. The van der Waals surface area contributed by atoms with Crippen molar-refractivity contribution < 1.29 is 9.84 Å². The molecule has 5 heteroatoms. The van der Waals surface area contributed by atoms with Crippen LogP contribution in [-0.4, -0.2) is 39.0 Å². The van der Waals surface area contributed by atoms with Gasteiger partial charge in [0.1, 0.15) is 11.4 Å². The summed E-state index contributed by atoms with van der Waals surface area (Å²) in [7, 11) is 1.92. The van der Waals surface area contributed by atoms with Crippen molar-refractivity contribution in [2.75, 3.05) is 13.1 Å². The molecule has 0 fully saturated rings. The largest absolute Gasteiger partial charge is 0.439 e. The molecule has 1 atom stereocenters. The topological polar surface area (TPSA) is 50.5 Å². The molecule has 0 radical (unpaired) electrons. The molecule has 3 aromatic rings. The lowest BCUT2D eigenvalue weighted by molar-refractivity contribution is 0.0729. The average molecular weight is 408 g/mol. The molecular formula is C25H33N3O2. The molecule has 0 amide bonds. The van der Waals surface area contributed by atoms with E-state index in [1.807, 2.05) is 60.3 Å². The Morgan fingerprint density at radius 2 is 1.67 bits per heavy atom. The Balaban J connectivity index is 2.00. The molecular weight excluding hydrogens is 374 g/mol. The number of nitrogens with zero attached hydrogens (tertiary/aromatic N) is 3. The highest BCUT2D eigenvalue weighted by Gasteiger charge is 2.23. The van der Waals surface area contributed by atoms with Crippen molar-refractivity contribution >= 4 is 0 Å². The maximum Gasteiger partial charge on any atom is 0.222 e. The summed E-state index contributed by atoms with van der Waals surface area (Å²) in [4.78, 5) is 2.30. The summed E-state index contributed by atoms with van der Waals surface area (Å²) < 4.78 is 8.10. The van der Waals surface area contributed by atoms with Crippen molar-refractivity contribution in [3.8, 4) is 22.9 Å². The number of aryl methyl sites for hydroxylation is 1. The van der Waals surface area contributed by atoms with Gasteiger partial charge in [0.15, 0.2) is 0 Å². The maximum atomic E-state index is 10.5. The zero-order chi connectivity index (χ0) is 21.5. The van der Waals surface area contributed by atoms with E-state index in [2.05, 4.69) is 37.8 Å². The number of benzene rings is 2. The predicted octanol–water partition coefficient (Wildman–Crippen LogP) is 5.11. The first-order chi connectivity index (χ1) is 14.5. The molecule has 0 aliphatic rings. The molecule has 0 spiro atoms. The molecule has 1 N–H and O–H groups in total. The fraction of sp³-hybridized carbons (Fsp3) is 0.400. The molecule has 30 heavy (non-hydrogen) atoms. The van der Waals surface area contributed by atoms with Crippen molar-refractivity contribution in [3.63, 3.8) is 0 Å². The van der Waals surface area contributed by atoms with E-state index in [9.17, 15) is 5.11 Å². The highest BCUT2D eigenvalue weighted by molar-refractivity contribution is 5.65. The summed E-state index contributed by atoms with van der Waals surface area (Å²) in [6, 6.07) is 20.0. The van der Waals surface area contributed by atoms with Crippen molar-refractivity contribution in [1.29, 1.82) is 0 Å². The first kappa shape index (κ1) is 22.1. The Morgan fingerprint density at radius 1 is 1.03 bits per heavy atom.